The minimum atomic E-state index is -3.66. The highest BCUT2D eigenvalue weighted by molar-refractivity contribution is 7.93. The van der Waals surface area contributed by atoms with E-state index in [9.17, 15) is 17.2 Å². The highest BCUT2D eigenvalue weighted by atomic mass is 32.2. The monoisotopic (exact) mass is 409 g/mol. The fraction of sp³-hybridized carbons (Fsp3) is 0.300. The van der Waals surface area contributed by atoms with Crippen LogP contribution in [0.1, 0.15) is 24.5 Å². The molecule has 0 fully saturated rings. The molecule has 0 bridgehead atoms. The lowest BCUT2D eigenvalue weighted by atomic mass is 9.97. The van der Waals surface area contributed by atoms with Crippen molar-refractivity contribution in [2.24, 2.45) is 0 Å². The van der Waals surface area contributed by atoms with E-state index < -0.39 is 16.6 Å². The van der Waals surface area contributed by atoms with Gasteiger partial charge in [-0.1, -0.05) is 24.3 Å². The molecule has 150 valence electrons. The third-order valence-corrected chi connectivity index (χ3v) is 5.84. The summed E-state index contributed by atoms with van der Waals surface area (Å²) >= 11 is 0. The van der Waals surface area contributed by atoms with E-state index >= 15 is 0 Å². The van der Waals surface area contributed by atoms with Gasteiger partial charge in [0, 0.05) is 6.54 Å². The molecule has 1 atom stereocenters. The van der Waals surface area contributed by atoms with E-state index in [0.717, 1.165) is 5.56 Å². The zero-order chi connectivity index (χ0) is 20.1. The van der Waals surface area contributed by atoms with Gasteiger partial charge in [-0.15, -0.1) is 0 Å². The van der Waals surface area contributed by atoms with Crippen molar-refractivity contribution in [2.75, 3.05) is 6.54 Å². The summed E-state index contributed by atoms with van der Waals surface area (Å²) in [5.41, 5.74) is 1.46. The number of halogens is 2. The minimum Gasteiger partial charge on any atom is -0.489 e. The van der Waals surface area contributed by atoms with Crippen molar-refractivity contribution in [1.29, 1.82) is 0 Å². The Morgan fingerprint density at radius 2 is 1.79 bits per heavy atom. The van der Waals surface area contributed by atoms with E-state index in [4.69, 9.17) is 4.74 Å². The largest absolute Gasteiger partial charge is 0.489 e. The number of hydrogen-bond acceptors (Lipinski definition) is 4. The van der Waals surface area contributed by atoms with Crippen molar-refractivity contribution in [3.05, 3.63) is 64.6 Å². The summed E-state index contributed by atoms with van der Waals surface area (Å²) in [6.07, 6.45) is 1.94. The Morgan fingerprint density at radius 3 is 2.50 bits per heavy atom. The first-order chi connectivity index (χ1) is 13.3. The van der Waals surface area contributed by atoms with Gasteiger partial charge < -0.3 is 9.47 Å². The van der Waals surface area contributed by atoms with Crippen LogP contribution < -0.4 is 14.2 Å². The second-order valence-corrected chi connectivity index (χ2v) is 8.26. The second-order valence-electron chi connectivity index (χ2n) is 6.44. The van der Waals surface area contributed by atoms with Gasteiger partial charge in [0.05, 0.1) is 4.91 Å². The number of hydrogen-bond donors (Lipinski definition) is 1. The van der Waals surface area contributed by atoms with Gasteiger partial charge in [-0.25, -0.2) is 13.1 Å². The van der Waals surface area contributed by atoms with E-state index in [-0.39, 0.29) is 29.7 Å². The van der Waals surface area contributed by atoms with Crippen molar-refractivity contribution >= 4 is 16.1 Å². The van der Waals surface area contributed by atoms with Gasteiger partial charge in [0.2, 0.25) is 10.0 Å². The standard InChI is InChI=1S/C20H21F2NO4S/c1-14(26-17-5-3-2-4-6-17)13-23-28(24,25)19-10-8-15-11-18(27-20(21)22)9-7-16(15)12-19/h2-7,9,11-12,14,20,23H,8,10,13H2,1H3. The number of nitrogens with one attached hydrogen (secondary N) is 1. The highest BCUT2D eigenvalue weighted by Crippen LogP contribution is 2.30. The molecule has 0 aliphatic heterocycles. The molecule has 1 N–H and O–H groups in total. The molecular formula is C20H21F2NO4S. The van der Waals surface area contributed by atoms with Crippen LogP contribution in [-0.4, -0.2) is 27.7 Å². The maximum absolute atomic E-state index is 12.6. The summed E-state index contributed by atoms with van der Waals surface area (Å²) in [4.78, 5) is 0.259. The smallest absolute Gasteiger partial charge is 0.387 e. The lowest BCUT2D eigenvalue weighted by Gasteiger charge is -2.20. The molecule has 5 nitrogen and oxygen atoms in total. The van der Waals surface area contributed by atoms with Crippen molar-refractivity contribution in [3.8, 4) is 11.5 Å². The summed E-state index contributed by atoms with van der Waals surface area (Å²) in [6.45, 7) is -0.981. The Morgan fingerprint density at radius 1 is 1.04 bits per heavy atom. The third-order valence-electron chi connectivity index (χ3n) is 4.28. The van der Waals surface area contributed by atoms with Gasteiger partial charge in [0.25, 0.3) is 0 Å². The van der Waals surface area contributed by atoms with Gasteiger partial charge in [-0.2, -0.15) is 8.78 Å². The van der Waals surface area contributed by atoms with Crippen molar-refractivity contribution in [1.82, 2.24) is 4.72 Å². The van der Waals surface area contributed by atoms with Crippen LogP contribution in [0.5, 0.6) is 11.5 Å². The molecule has 28 heavy (non-hydrogen) atoms. The van der Waals surface area contributed by atoms with Gasteiger partial charge >= 0.3 is 6.61 Å². The van der Waals surface area contributed by atoms with Crippen LogP contribution in [0.3, 0.4) is 0 Å². The number of aryl methyl sites for hydroxylation is 1. The molecule has 0 aromatic heterocycles. The Bertz CT molecular complexity index is 946. The molecule has 1 aliphatic rings. The van der Waals surface area contributed by atoms with Gasteiger partial charge in [0.1, 0.15) is 17.6 Å². The molecule has 0 amide bonds. The van der Waals surface area contributed by atoms with Crippen molar-refractivity contribution in [3.63, 3.8) is 0 Å². The average Bonchev–Trinajstić information content (AvgIpc) is 2.66. The molecule has 0 saturated heterocycles. The van der Waals surface area contributed by atoms with Gasteiger partial charge in [0.15, 0.2) is 0 Å². The predicted molar refractivity (Wildman–Crippen MR) is 103 cm³/mol. The summed E-state index contributed by atoms with van der Waals surface area (Å²) in [6, 6.07) is 13.7. The van der Waals surface area contributed by atoms with Crippen LogP contribution in [0.4, 0.5) is 8.78 Å². The molecule has 1 aliphatic carbocycles. The summed E-state index contributed by atoms with van der Waals surface area (Å²) < 4.78 is 62.5. The lowest BCUT2D eigenvalue weighted by molar-refractivity contribution is -0.0498. The van der Waals surface area contributed by atoms with E-state index in [1.807, 2.05) is 18.2 Å². The fourth-order valence-electron chi connectivity index (χ4n) is 2.92. The van der Waals surface area contributed by atoms with Gasteiger partial charge in [-0.05, 0) is 61.2 Å². The summed E-state index contributed by atoms with van der Waals surface area (Å²) in [5, 5.41) is 0. The van der Waals surface area contributed by atoms with Crippen LogP contribution in [0.25, 0.3) is 6.08 Å². The first kappa shape index (κ1) is 20.3. The molecule has 2 aromatic rings. The molecule has 0 heterocycles. The Labute approximate surface area is 163 Å². The highest BCUT2D eigenvalue weighted by Gasteiger charge is 2.23. The van der Waals surface area contributed by atoms with Crippen molar-refractivity contribution < 1.29 is 26.7 Å². The summed E-state index contributed by atoms with van der Waals surface area (Å²) in [7, 11) is -3.66. The molecule has 3 rings (SSSR count). The first-order valence-corrected chi connectivity index (χ1v) is 10.3. The first-order valence-electron chi connectivity index (χ1n) is 8.83. The Hall–Kier alpha value is -2.45. The molecular weight excluding hydrogens is 388 g/mol. The normalized spacial score (nSPS) is 14.9. The Kier molecular flexibility index (Phi) is 6.31. The topological polar surface area (TPSA) is 64.6 Å². The number of allylic oxidation sites excluding steroid dienone is 1. The van der Waals surface area contributed by atoms with E-state index in [0.29, 0.717) is 17.7 Å². The quantitative estimate of drug-likeness (QED) is 0.717. The maximum atomic E-state index is 12.6. The number of alkyl halides is 2. The van der Waals surface area contributed by atoms with E-state index in [1.54, 1.807) is 31.2 Å². The van der Waals surface area contributed by atoms with Gasteiger partial charge in [-0.3, -0.25) is 0 Å². The molecule has 8 heteroatoms. The lowest BCUT2D eigenvalue weighted by Crippen LogP contribution is -2.34. The molecule has 1 unspecified atom stereocenters. The zero-order valence-corrected chi connectivity index (χ0v) is 16.1. The molecule has 0 radical (unpaired) electrons. The Balaban J connectivity index is 1.64. The number of rotatable bonds is 8. The number of ether oxygens (including phenoxy) is 2. The van der Waals surface area contributed by atoms with Crippen molar-refractivity contribution in [2.45, 2.75) is 32.5 Å². The number of fused-ring (bicyclic) bond motifs is 1. The fourth-order valence-corrected chi connectivity index (χ4v) is 4.22. The zero-order valence-electron chi connectivity index (χ0n) is 15.3. The summed E-state index contributed by atoms with van der Waals surface area (Å²) in [5.74, 6) is 0.736. The number of para-hydroxylation sites is 1. The SMILES string of the molecule is CC(CNS(=O)(=O)C1=Cc2ccc(OC(F)F)cc2CC1)Oc1ccccc1. The molecule has 0 spiro atoms. The maximum Gasteiger partial charge on any atom is 0.387 e. The number of sulfonamides is 1. The third kappa shape index (κ3) is 5.30. The molecule has 2 aromatic carbocycles. The van der Waals surface area contributed by atoms with Crippen LogP contribution in [0.2, 0.25) is 0 Å². The van der Waals surface area contributed by atoms with Crippen LogP contribution >= 0.6 is 0 Å². The van der Waals surface area contributed by atoms with Crippen LogP contribution in [0, 0.1) is 0 Å². The molecule has 0 saturated carbocycles. The minimum absolute atomic E-state index is 0.0680. The van der Waals surface area contributed by atoms with E-state index in [1.165, 1.54) is 12.1 Å². The van der Waals surface area contributed by atoms with E-state index in [2.05, 4.69) is 9.46 Å². The second kappa shape index (κ2) is 8.70. The van der Waals surface area contributed by atoms with Crippen LogP contribution in [0.15, 0.2) is 53.4 Å². The number of benzene rings is 2. The van der Waals surface area contributed by atoms with Crippen LogP contribution in [-0.2, 0) is 16.4 Å². The predicted octanol–water partition coefficient (Wildman–Crippen LogP) is 3.96. The average molecular weight is 409 g/mol.